The van der Waals surface area contributed by atoms with E-state index < -0.39 is 40.1 Å². The number of fused-ring (bicyclic) bond motifs is 1. The molecule has 166 valence electrons. The standard InChI is InChI=1S/C19H17F3N2O6S/c1-29-8-9-30-15-7-6-12(19(20,21)22)10-14(15)23-17(25)11-24-18(26)13-4-2-3-5-16(13)31(24,27)28/h2-7,10H,8-9,11H2,1H3,(H,23,25). The van der Waals surface area contributed by atoms with Crippen molar-refractivity contribution in [3.8, 4) is 5.75 Å². The zero-order chi connectivity index (χ0) is 22.8. The van der Waals surface area contributed by atoms with Crippen molar-refractivity contribution in [3.63, 3.8) is 0 Å². The summed E-state index contributed by atoms with van der Waals surface area (Å²) in [5, 5.41) is 2.20. The van der Waals surface area contributed by atoms with E-state index in [1.807, 2.05) is 0 Å². The quantitative estimate of drug-likeness (QED) is 0.640. The molecule has 0 saturated heterocycles. The highest BCUT2D eigenvalue weighted by Gasteiger charge is 2.42. The molecule has 0 aliphatic carbocycles. The highest BCUT2D eigenvalue weighted by molar-refractivity contribution is 7.90. The molecule has 1 N–H and O–H groups in total. The van der Waals surface area contributed by atoms with E-state index in [9.17, 15) is 31.2 Å². The lowest BCUT2D eigenvalue weighted by atomic mass is 10.1. The summed E-state index contributed by atoms with van der Waals surface area (Å²) in [6.07, 6.45) is -4.68. The second kappa shape index (κ2) is 8.55. The smallest absolute Gasteiger partial charge is 0.416 e. The average molecular weight is 458 g/mol. The maximum atomic E-state index is 13.1. The van der Waals surface area contributed by atoms with Gasteiger partial charge in [-0.2, -0.15) is 13.2 Å². The summed E-state index contributed by atoms with van der Waals surface area (Å²) >= 11 is 0. The molecule has 0 aromatic heterocycles. The fraction of sp³-hybridized carbons (Fsp3) is 0.263. The number of hydrogen-bond acceptors (Lipinski definition) is 6. The number of benzene rings is 2. The van der Waals surface area contributed by atoms with Gasteiger partial charge in [-0.1, -0.05) is 12.1 Å². The molecule has 0 spiro atoms. The number of carbonyl (C=O) groups excluding carboxylic acids is 2. The second-order valence-corrected chi connectivity index (χ2v) is 8.24. The van der Waals surface area contributed by atoms with Crippen molar-refractivity contribution in [2.24, 2.45) is 0 Å². The zero-order valence-corrected chi connectivity index (χ0v) is 16.9. The topological polar surface area (TPSA) is 102 Å². The summed E-state index contributed by atoms with van der Waals surface area (Å²) in [6.45, 7) is -0.768. The number of hydrogen-bond donors (Lipinski definition) is 1. The molecule has 0 bridgehead atoms. The SMILES string of the molecule is COCCOc1ccc(C(F)(F)F)cc1NC(=O)CN1C(=O)c2ccccc2S1(=O)=O. The molecule has 0 unspecified atom stereocenters. The Labute approximate surface area is 175 Å². The van der Waals surface area contributed by atoms with E-state index in [0.717, 1.165) is 12.1 Å². The van der Waals surface area contributed by atoms with Gasteiger partial charge in [-0.15, -0.1) is 0 Å². The Balaban J connectivity index is 1.83. The fourth-order valence-corrected chi connectivity index (χ4v) is 4.40. The summed E-state index contributed by atoms with van der Waals surface area (Å²) in [5.41, 5.74) is -1.45. The molecule has 8 nitrogen and oxygen atoms in total. The lowest BCUT2D eigenvalue weighted by Crippen LogP contribution is -2.37. The van der Waals surface area contributed by atoms with Crippen LogP contribution >= 0.6 is 0 Å². The van der Waals surface area contributed by atoms with Gasteiger partial charge in [0.15, 0.2) is 0 Å². The molecule has 2 aromatic rings. The van der Waals surface area contributed by atoms with Gasteiger partial charge in [-0.05, 0) is 30.3 Å². The molecular weight excluding hydrogens is 441 g/mol. The van der Waals surface area contributed by atoms with Gasteiger partial charge in [0.2, 0.25) is 5.91 Å². The van der Waals surface area contributed by atoms with Crippen molar-refractivity contribution in [3.05, 3.63) is 53.6 Å². The third kappa shape index (κ3) is 4.64. The number of anilines is 1. The Hall–Kier alpha value is -3.12. The number of carbonyl (C=O) groups is 2. The summed E-state index contributed by atoms with van der Waals surface area (Å²) < 4.78 is 74.8. The number of amides is 2. The van der Waals surface area contributed by atoms with Gasteiger partial charge in [0.25, 0.3) is 15.9 Å². The van der Waals surface area contributed by atoms with Gasteiger partial charge in [-0.3, -0.25) is 9.59 Å². The van der Waals surface area contributed by atoms with E-state index in [1.54, 1.807) is 0 Å². The summed E-state index contributed by atoms with van der Waals surface area (Å²) in [6, 6.07) is 7.91. The van der Waals surface area contributed by atoms with Crippen molar-refractivity contribution in [2.45, 2.75) is 11.1 Å². The molecule has 2 amide bonds. The molecule has 2 aromatic carbocycles. The van der Waals surface area contributed by atoms with Crippen LogP contribution in [0.25, 0.3) is 0 Å². The number of methoxy groups -OCH3 is 1. The van der Waals surface area contributed by atoms with Gasteiger partial charge >= 0.3 is 6.18 Å². The van der Waals surface area contributed by atoms with E-state index in [-0.39, 0.29) is 35.1 Å². The molecule has 3 rings (SSSR count). The Bertz CT molecular complexity index is 1120. The van der Waals surface area contributed by atoms with Gasteiger partial charge in [0.1, 0.15) is 23.8 Å². The lowest BCUT2D eigenvalue weighted by Gasteiger charge is -2.17. The van der Waals surface area contributed by atoms with E-state index in [0.29, 0.717) is 10.4 Å². The molecule has 12 heteroatoms. The largest absolute Gasteiger partial charge is 0.489 e. The molecule has 0 radical (unpaired) electrons. The first-order valence-electron chi connectivity index (χ1n) is 8.84. The number of ether oxygens (including phenoxy) is 2. The zero-order valence-electron chi connectivity index (χ0n) is 16.1. The number of nitrogens with zero attached hydrogens (tertiary/aromatic N) is 1. The first-order valence-corrected chi connectivity index (χ1v) is 10.3. The number of nitrogens with one attached hydrogen (secondary N) is 1. The van der Waals surface area contributed by atoms with Crippen molar-refractivity contribution >= 4 is 27.5 Å². The van der Waals surface area contributed by atoms with Crippen LogP contribution in [0, 0.1) is 0 Å². The highest BCUT2D eigenvalue weighted by atomic mass is 32.2. The van der Waals surface area contributed by atoms with Gasteiger partial charge in [-0.25, -0.2) is 12.7 Å². The van der Waals surface area contributed by atoms with Crippen LogP contribution in [0.15, 0.2) is 47.4 Å². The van der Waals surface area contributed by atoms with E-state index in [2.05, 4.69) is 5.32 Å². The second-order valence-electron chi connectivity index (χ2n) is 6.41. The van der Waals surface area contributed by atoms with E-state index in [4.69, 9.17) is 9.47 Å². The molecule has 31 heavy (non-hydrogen) atoms. The number of rotatable bonds is 7. The molecule has 0 atom stereocenters. The minimum absolute atomic E-state index is 0.000958. The lowest BCUT2D eigenvalue weighted by molar-refractivity contribution is -0.137. The predicted octanol–water partition coefficient (Wildman–Crippen LogP) is 2.51. The molecule has 1 aliphatic heterocycles. The van der Waals surface area contributed by atoms with Crippen LogP contribution < -0.4 is 10.1 Å². The van der Waals surface area contributed by atoms with Crippen LogP contribution in [0.1, 0.15) is 15.9 Å². The van der Waals surface area contributed by atoms with Crippen LogP contribution in [0.5, 0.6) is 5.75 Å². The molecular formula is C19H17F3N2O6S. The minimum atomic E-state index is -4.68. The van der Waals surface area contributed by atoms with Crippen LogP contribution in [0.3, 0.4) is 0 Å². The first-order chi connectivity index (χ1) is 14.6. The normalized spacial score (nSPS) is 15.0. The van der Waals surface area contributed by atoms with Crippen molar-refractivity contribution in [2.75, 3.05) is 32.2 Å². The van der Waals surface area contributed by atoms with E-state index >= 15 is 0 Å². The average Bonchev–Trinajstić information content (AvgIpc) is 2.89. The number of halogens is 3. The van der Waals surface area contributed by atoms with Crippen molar-refractivity contribution in [1.29, 1.82) is 0 Å². The third-order valence-electron chi connectivity index (χ3n) is 4.33. The first kappa shape index (κ1) is 22.6. The van der Waals surface area contributed by atoms with Crippen molar-refractivity contribution < 1.29 is 40.7 Å². The number of sulfonamides is 1. The summed E-state index contributed by atoms with van der Waals surface area (Å²) in [7, 11) is -2.84. The Morgan fingerprint density at radius 3 is 2.48 bits per heavy atom. The predicted molar refractivity (Wildman–Crippen MR) is 102 cm³/mol. The molecule has 0 saturated carbocycles. The van der Waals surface area contributed by atoms with Crippen molar-refractivity contribution in [1.82, 2.24) is 4.31 Å². The van der Waals surface area contributed by atoms with Crippen LogP contribution in [0.2, 0.25) is 0 Å². The van der Waals surface area contributed by atoms with Crippen LogP contribution in [0.4, 0.5) is 18.9 Å². The Morgan fingerprint density at radius 1 is 1.13 bits per heavy atom. The maximum absolute atomic E-state index is 13.1. The summed E-state index contributed by atoms with van der Waals surface area (Å²) in [5.74, 6) is -1.98. The molecule has 1 aliphatic rings. The Kier molecular flexibility index (Phi) is 6.23. The third-order valence-corrected chi connectivity index (χ3v) is 6.11. The van der Waals surface area contributed by atoms with Gasteiger partial charge in [0.05, 0.1) is 23.4 Å². The molecule has 1 heterocycles. The monoisotopic (exact) mass is 458 g/mol. The van der Waals surface area contributed by atoms with Crippen LogP contribution in [-0.2, 0) is 25.7 Å². The highest BCUT2D eigenvalue weighted by Crippen LogP contribution is 2.35. The summed E-state index contributed by atoms with van der Waals surface area (Å²) in [4.78, 5) is 24.6. The van der Waals surface area contributed by atoms with Gasteiger partial charge < -0.3 is 14.8 Å². The molecule has 0 fully saturated rings. The minimum Gasteiger partial charge on any atom is -0.489 e. The van der Waals surface area contributed by atoms with E-state index in [1.165, 1.54) is 31.4 Å². The Morgan fingerprint density at radius 2 is 1.84 bits per heavy atom. The maximum Gasteiger partial charge on any atom is 0.416 e. The van der Waals surface area contributed by atoms with Gasteiger partial charge in [0, 0.05) is 7.11 Å². The fourth-order valence-electron chi connectivity index (χ4n) is 2.87. The number of alkyl halides is 3. The van der Waals surface area contributed by atoms with Crippen LogP contribution in [-0.4, -0.2) is 51.4 Å².